The van der Waals surface area contributed by atoms with Crippen LogP contribution in [0.4, 0.5) is 0 Å². The molecule has 0 aromatic carbocycles. The minimum Gasteiger partial charge on any atom is -0.443 e. The fraction of sp³-hybridized carbons (Fsp3) is 0. The summed E-state index contributed by atoms with van der Waals surface area (Å²) >= 11 is 0. The molecular formula is C3H3N3O3Ru. The van der Waals surface area contributed by atoms with E-state index in [0.29, 0.717) is 0 Å². The number of hydrogen-bond donors (Lipinski definition) is 3. The van der Waals surface area contributed by atoms with Gasteiger partial charge in [0.2, 0.25) is 0 Å². The van der Waals surface area contributed by atoms with E-state index in [-0.39, 0.29) is 19.5 Å². The standard InChI is InChI=1S/3CHNO.Ru/c3*2-1-3;/h3*3H;. The van der Waals surface area contributed by atoms with Crippen molar-refractivity contribution in [3.63, 3.8) is 0 Å². The molecule has 0 saturated carbocycles. The largest absolute Gasteiger partial charge is 0.443 e. The van der Waals surface area contributed by atoms with Crippen LogP contribution >= 0.6 is 0 Å². The molecule has 7 heteroatoms. The maximum atomic E-state index is 6.88. The number of rotatable bonds is 0. The minimum absolute atomic E-state index is 0. The summed E-state index contributed by atoms with van der Waals surface area (Å²) in [5.41, 5.74) is 0. The van der Waals surface area contributed by atoms with Crippen molar-refractivity contribution < 1.29 is 34.8 Å². The first kappa shape index (κ1) is 23.6. The first-order chi connectivity index (χ1) is 4.24. The predicted molar refractivity (Wildman–Crippen MR) is 22.6 cm³/mol. The Hall–Kier alpha value is -1.51. The van der Waals surface area contributed by atoms with E-state index < -0.39 is 0 Å². The summed E-state index contributed by atoms with van der Waals surface area (Å²) in [6, 6.07) is 0. The van der Waals surface area contributed by atoms with Gasteiger partial charge in [0.15, 0.2) is 0 Å². The minimum atomic E-state index is 0. The van der Waals surface area contributed by atoms with Gasteiger partial charge in [0.25, 0.3) is 18.8 Å². The smallest absolute Gasteiger partial charge is 0.283 e. The normalized spacial score (nSPS) is 2.10. The molecule has 56 valence electrons. The van der Waals surface area contributed by atoms with Gasteiger partial charge in [0.1, 0.15) is 0 Å². The van der Waals surface area contributed by atoms with Crippen LogP contribution in [0.2, 0.25) is 0 Å². The maximum Gasteiger partial charge on any atom is 0.283 e. The van der Waals surface area contributed by atoms with Gasteiger partial charge < -0.3 is 15.3 Å². The predicted octanol–water partition coefficient (Wildman–Crippen LogP) is -0.483. The van der Waals surface area contributed by atoms with Crippen molar-refractivity contribution >= 4 is 0 Å². The Morgan fingerprint density at radius 1 is 0.700 bits per heavy atom. The van der Waals surface area contributed by atoms with Gasteiger partial charge in [0, 0.05) is 19.5 Å². The molecule has 10 heavy (non-hydrogen) atoms. The molecule has 0 aliphatic rings. The number of aliphatic hydroxyl groups is 3. The zero-order valence-electron chi connectivity index (χ0n) is 4.54. The third kappa shape index (κ3) is 86.3. The van der Waals surface area contributed by atoms with Crippen molar-refractivity contribution in [1.29, 1.82) is 15.8 Å². The summed E-state index contributed by atoms with van der Waals surface area (Å²) in [5, 5.41) is 41.2. The Morgan fingerprint density at radius 3 is 0.700 bits per heavy atom. The van der Waals surface area contributed by atoms with Crippen LogP contribution in [0.25, 0.3) is 0 Å². The van der Waals surface area contributed by atoms with E-state index in [1.165, 1.54) is 0 Å². The average molecular weight is 230 g/mol. The molecule has 0 aromatic rings. The van der Waals surface area contributed by atoms with Gasteiger partial charge in [-0.05, 0) is 0 Å². The third-order valence-electron chi connectivity index (χ3n) is 0. The van der Waals surface area contributed by atoms with Gasteiger partial charge in [-0.1, -0.05) is 0 Å². The topological polar surface area (TPSA) is 132 Å². The zero-order chi connectivity index (χ0) is 8.12. The van der Waals surface area contributed by atoms with Crippen LogP contribution in [0.1, 0.15) is 0 Å². The Kier molecular flexibility index (Phi) is 335. The molecule has 0 saturated heterocycles. The van der Waals surface area contributed by atoms with E-state index in [4.69, 9.17) is 31.1 Å². The molecule has 6 nitrogen and oxygen atoms in total. The maximum absolute atomic E-state index is 6.88. The summed E-state index contributed by atoms with van der Waals surface area (Å²) < 4.78 is 0. The van der Waals surface area contributed by atoms with E-state index >= 15 is 0 Å². The van der Waals surface area contributed by atoms with Crippen molar-refractivity contribution in [1.82, 2.24) is 0 Å². The number of nitriles is 3. The van der Waals surface area contributed by atoms with E-state index in [9.17, 15) is 0 Å². The molecule has 0 aromatic heterocycles. The summed E-state index contributed by atoms with van der Waals surface area (Å²) in [4.78, 5) is 0. The van der Waals surface area contributed by atoms with Gasteiger partial charge in [0.05, 0.1) is 0 Å². The molecule has 0 bridgehead atoms. The fourth-order valence-corrected chi connectivity index (χ4v) is 0. The van der Waals surface area contributed by atoms with Crippen molar-refractivity contribution in [2.24, 2.45) is 0 Å². The molecule has 0 heterocycles. The second-order valence-electron chi connectivity index (χ2n) is 0.300. The Balaban J connectivity index is -0.0000000257. The summed E-state index contributed by atoms with van der Waals surface area (Å²) in [6.07, 6.45) is 2.25. The average Bonchev–Trinajstić information content (AvgIpc) is 1.70. The Morgan fingerprint density at radius 2 is 0.700 bits per heavy atom. The second kappa shape index (κ2) is 142. The summed E-state index contributed by atoms with van der Waals surface area (Å²) in [6.45, 7) is 0. The van der Waals surface area contributed by atoms with Gasteiger partial charge in [-0.3, -0.25) is 0 Å². The van der Waals surface area contributed by atoms with Gasteiger partial charge in [-0.15, -0.1) is 0 Å². The van der Waals surface area contributed by atoms with Crippen LogP contribution in [-0.2, 0) is 19.5 Å². The molecular weight excluding hydrogens is 227 g/mol. The third-order valence-corrected chi connectivity index (χ3v) is 0. The molecule has 0 radical (unpaired) electrons. The van der Waals surface area contributed by atoms with Gasteiger partial charge in [-0.25, -0.2) is 0 Å². The summed E-state index contributed by atoms with van der Waals surface area (Å²) in [7, 11) is 0. The first-order valence-corrected chi connectivity index (χ1v) is 1.34. The van der Waals surface area contributed by atoms with Gasteiger partial charge >= 0.3 is 0 Å². The van der Waals surface area contributed by atoms with E-state index in [2.05, 4.69) is 0 Å². The van der Waals surface area contributed by atoms with Crippen LogP contribution in [0, 0.1) is 34.6 Å². The van der Waals surface area contributed by atoms with E-state index in [0.717, 1.165) is 18.8 Å². The molecule has 3 N–H and O–H groups in total. The van der Waals surface area contributed by atoms with Crippen LogP contribution in [0.5, 0.6) is 0 Å². The Bertz CT molecular complexity index is 112. The zero-order valence-corrected chi connectivity index (χ0v) is 6.27. The van der Waals surface area contributed by atoms with Crippen molar-refractivity contribution in [2.75, 3.05) is 0 Å². The van der Waals surface area contributed by atoms with Crippen molar-refractivity contribution in [2.45, 2.75) is 0 Å². The number of aliphatic hydroxyl groups excluding tert-OH is 3. The SMILES string of the molecule is N#CO.N#CO.N#CO.[Ru]. The first-order valence-electron chi connectivity index (χ1n) is 1.34. The molecule has 0 fully saturated rings. The molecule has 0 aliphatic heterocycles. The van der Waals surface area contributed by atoms with Crippen LogP contribution in [0.15, 0.2) is 0 Å². The monoisotopic (exact) mass is 231 g/mol. The molecule has 0 rings (SSSR count). The molecule has 0 unspecified atom stereocenters. The van der Waals surface area contributed by atoms with Crippen LogP contribution in [0.3, 0.4) is 0 Å². The van der Waals surface area contributed by atoms with Crippen LogP contribution < -0.4 is 0 Å². The number of hydrogen-bond acceptors (Lipinski definition) is 6. The van der Waals surface area contributed by atoms with E-state index in [1.807, 2.05) is 0 Å². The van der Waals surface area contributed by atoms with E-state index in [1.54, 1.807) is 0 Å². The molecule has 0 spiro atoms. The van der Waals surface area contributed by atoms with Crippen LogP contribution in [-0.4, -0.2) is 15.3 Å². The Labute approximate surface area is 69.9 Å². The summed E-state index contributed by atoms with van der Waals surface area (Å²) in [5.74, 6) is 0. The van der Waals surface area contributed by atoms with Gasteiger partial charge in [-0.2, -0.15) is 15.8 Å². The fourth-order valence-electron chi connectivity index (χ4n) is 0. The van der Waals surface area contributed by atoms with Crippen molar-refractivity contribution in [3.8, 4) is 18.8 Å². The molecule has 0 amide bonds. The molecule has 0 aliphatic carbocycles. The van der Waals surface area contributed by atoms with Crippen molar-refractivity contribution in [3.05, 3.63) is 0 Å². The molecule has 0 atom stereocenters. The number of nitrogens with zero attached hydrogens (tertiary/aromatic N) is 3. The second-order valence-corrected chi connectivity index (χ2v) is 0.300. The quantitative estimate of drug-likeness (QED) is 0.380.